The monoisotopic (exact) mass is 348 g/mol. The number of carbonyl (C=O) groups is 1. The van der Waals surface area contributed by atoms with Crippen LogP contribution in [0.5, 0.6) is 0 Å². The molecule has 1 aromatic rings. The van der Waals surface area contributed by atoms with Gasteiger partial charge in [-0.05, 0) is 31.2 Å². The molecule has 0 bridgehead atoms. The number of ether oxygens (including phenoxy) is 2. The fourth-order valence-electron chi connectivity index (χ4n) is 3.33. The molecule has 0 radical (unpaired) electrons. The molecule has 1 amide bonds. The lowest BCUT2D eigenvalue weighted by Crippen LogP contribution is -2.42. The second-order valence-electron chi connectivity index (χ2n) is 7.00. The van der Waals surface area contributed by atoms with Gasteiger partial charge in [0.15, 0.2) is 0 Å². The summed E-state index contributed by atoms with van der Waals surface area (Å²) >= 11 is 0. The molecule has 138 valence electrons. The van der Waals surface area contributed by atoms with Gasteiger partial charge in [0.25, 0.3) is 0 Å². The van der Waals surface area contributed by atoms with Crippen molar-refractivity contribution in [2.45, 2.75) is 31.8 Å². The highest BCUT2D eigenvalue weighted by Crippen LogP contribution is 2.24. The number of nitrogens with zero attached hydrogens (tertiary/aromatic N) is 4. The summed E-state index contributed by atoms with van der Waals surface area (Å²) in [6.07, 6.45) is 5.35. The molecule has 2 aliphatic rings. The number of amides is 1. The molecule has 3 heterocycles. The molecule has 25 heavy (non-hydrogen) atoms. The zero-order chi connectivity index (χ0) is 17.6. The Kier molecular flexibility index (Phi) is 6.20. The lowest BCUT2D eigenvalue weighted by atomic mass is 9.96. The van der Waals surface area contributed by atoms with Crippen LogP contribution in [0.4, 0.5) is 5.95 Å². The van der Waals surface area contributed by atoms with Gasteiger partial charge in [0.05, 0.1) is 18.8 Å². The van der Waals surface area contributed by atoms with Crippen LogP contribution in [0.1, 0.15) is 37.5 Å². The first kappa shape index (κ1) is 18.1. The normalized spacial score (nSPS) is 24.2. The first-order valence-corrected chi connectivity index (χ1v) is 9.11. The van der Waals surface area contributed by atoms with E-state index in [2.05, 4.69) is 9.97 Å². The van der Waals surface area contributed by atoms with Crippen molar-refractivity contribution >= 4 is 11.9 Å². The maximum absolute atomic E-state index is 12.6. The Labute approximate surface area is 149 Å². The Morgan fingerprint density at radius 1 is 1.40 bits per heavy atom. The smallest absolute Gasteiger partial charge is 0.225 e. The summed E-state index contributed by atoms with van der Waals surface area (Å²) < 4.78 is 11.4. The third-order valence-electron chi connectivity index (χ3n) is 4.83. The molecule has 1 aromatic heterocycles. The summed E-state index contributed by atoms with van der Waals surface area (Å²) in [5.74, 6) is 1.39. The minimum Gasteiger partial charge on any atom is -0.381 e. The second kappa shape index (κ2) is 8.58. The SMILES string of the molecule is CN(C)c1nccc([C@@H]2CN(C(=O)CC[C@@H]3CCCOC3)CCO2)n1. The molecule has 0 aromatic carbocycles. The summed E-state index contributed by atoms with van der Waals surface area (Å²) in [7, 11) is 3.82. The standard InChI is InChI=1S/C18H28N4O3/c1-21(2)18-19-8-7-15(20-18)16-12-22(9-11-25-16)17(23)6-5-14-4-3-10-24-13-14/h7-8,14,16H,3-6,9-13H2,1-2H3/t14-,16-/m0/s1. The van der Waals surface area contributed by atoms with Crippen molar-refractivity contribution in [2.24, 2.45) is 5.92 Å². The lowest BCUT2D eigenvalue weighted by Gasteiger charge is -2.33. The average Bonchev–Trinajstić information content (AvgIpc) is 2.67. The Morgan fingerprint density at radius 2 is 2.28 bits per heavy atom. The van der Waals surface area contributed by atoms with Crippen molar-refractivity contribution in [1.82, 2.24) is 14.9 Å². The van der Waals surface area contributed by atoms with Gasteiger partial charge in [-0.15, -0.1) is 0 Å². The third kappa shape index (κ3) is 4.89. The van der Waals surface area contributed by atoms with Gasteiger partial charge in [0.1, 0.15) is 6.10 Å². The maximum atomic E-state index is 12.6. The summed E-state index contributed by atoms with van der Waals surface area (Å²) in [5.41, 5.74) is 0.830. The van der Waals surface area contributed by atoms with Crippen LogP contribution in [0.15, 0.2) is 12.3 Å². The van der Waals surface area contributed by atoms with Crippen LogP contribution < -0.4 is 4.90 Å². The van der Waals surface area contributed by atoms with Gasteiger partial charge in [-0.2, -0.15) is 0 Å². The predicted octanol–water partition coefficient (Wildman–Crippen LogP) is 1.65. The molecule has 2 atom stereocenters. The first-order chi connectivity index (χ1) is 12.1. The molecule has 0 spiro atoms. The Morgan fingerprint density at radius 3 is 3.04 bits per heavy atom. The second-order valence-corrected chi connectivity index (χ2v) is 7.00. The van der Waals surface area contributed by atoms with Crippen molar-refractivity contribution in [1.29, 1.82) is 0 Å². The maximum Gasteiger partial charge on any atom is 0.225 e. The van der Waals surface area contributed by atoms with Gasteiger partial charge in [-0.25, -0.2) is 9.97 Å². The van der Waals surface area contributed by atoms with E-state index in [9.17, 15) is 4.79 Å². The summed E-state index contributed by atoms with van der Waals surface area (Å²) in [6, 6.07) is 1.87. The number of hydrogen-bond acceptors (Lipinski definition) is 6. The van der Waals surface area contributed by atoms with Crippen LogP contribution in [-0.2, 0) is 14.3 Å². The van der Waals surface area contributed by atoms with E-state index >= 15 is 0 Å². The molecule has 0 unspecified atom stereocenters. The van der Waals surface area contributed by atoms with Crippen LogP contribution >= 0.6 is 0 Å². The molecular weight excluding hydrogens is 320 g/mol. The van der Waals surface area contributed by atoms with Gasteiger partial charge in [0.2, 0.25) is 11.9 Å². The summed E-state index contributed by atoms with van der Waals surface area (Å²) in [6.45, 7) is 3.42. The molecule has 2 fully saturated rings. The van der Waals surface area contributed by atoms with Gasteiger partial charge < -0.3 is 19.3 Å². The van der Waals surface area contributed by atoms with E-state index in [4.69, 9.17) is 9.47 Å². The van der Waals surface area contributed by atoms with Crippen molar-refractivity contribution < 1.29 is 14.3 Å². The Hall–Kier alpha value is -1.73. The molecule has 2 saturated heterocycles. The van der Waals surface area contributed by atoms with Crippen LogP contribution in [0.2, 0.25) is 0 Å². The number of aromatic nitrogens is 2. The highest BCUT2D eigenvalue weighted by Gasteiger charge is 2.27. The summed E-state index contributed by atoms with van der Waals surface area (Å²) in [5, 5.41) is 0. The van der Waals surface area contributed by atoms with E-state index < -0.39 is 0 Å². The molecule has 3 rings (SSSR count). The highest BCUT2D eigenvalue weighted by molar-refractivity contribution is 5.76. The number of morpholine rings is 1. The average molecular weight is 348 g/mol. The Bertz CT molecular complexity index is 575. The molecule has 2 aliphatic heterocycles. The molecule has 0 N–H and O–H groups in total. The fourth-order valence-corrected chi connectivity index (χ4v) is 3.33. The topological polar surface area (TPSA) is 67.8 Å². The fraction of sp³-hybridized carbons (Fsp3) is 0.722. The number of carbonyl (C=O) groups excluding carboxylic acids is 1. The number of rotatable bonds is 5. The van der Waals surface area contributed by atoms with E-state index in [-0.39, 0.29) is 12.0 Å². The van der Waals surface area contributed by atoms with E-state index in [0.717, 1.165) is 31.7 Å². The Balaban J connectivity index is 1.55. The molecule has 0 saturated carbocycles. The van der Waals surface area contributed by atoms with Crippen LogP contribution in [0.25, 0.3) is 0 Å². The van der Waals surface area contributed by atoms with Gasteiger partial charge in [-0.1, -0.05) is 0 Å². The van der Waals surface area contributed by atoms with Crippen molar-refractivity contribution in [2.75, 3.05) is 51.9 Å². The zero-order valence-corrected chi connectivity index (χ0v) is 15.2. The number of anilines is 1. The van der Waals surface area contributed by atoms with E-state index in [0.29, 0.717) is 38.0 Å². The van der Waals surface area contributed by atoms with Crippen LogP contribution in [0.3, 0.4) is 0 Å². The van der Waals surface area contributed by atoms with Crippen LogP contribution in [0, 0.1) is 5.92 Å². The van der Waals surface area contributed by atoms with Gasteiger partial charge in [0, 0.05) is 46.5 Å². The molecule has 7 heteroatoms. The lowest BCUT2D eigenvalue weighted by molar-refractivity contribution is -0.139. The van der Waals surface area contributed by atoms with Gasteiger partial charge in [-0.3, -0.25) is 4.79 Å². The highest BCUT2D eigenvalue weighted by atomic mass is 16.5. The molecule has 7 nitrogen and oxygen atoms in total. The molecule has 0 aliphatic carbocycles. The minimum atomic E-state index is -0.183. The van der Waals surface area contributed by atoms with E-state index in [1.165, 1.54) is 6.42 Å². The molecular formula is C18H28N4O3. The first-order valence-electron chi connectivity index (χ1n) is 9.11. The van der Waals surface area contributed by atoms with E-state index in [1.54, 1.807) is 6.20 Å². The van der Waals surface area contributed by atoms with Crippen molar-refractivity contribution in [3.63, 3.8) is 0 Å². The van der Waals surface area contributed by atoms with Gasteiger partial charge >= 0.3 is 0 Å². The zero-order valence-electron chi connectivity index (χ0n) is 15.2. The quantitative estimate of drug-likeness (QED) is 0.806. The largest absolute Gasteiger partial charge is 0.381 e. The van der Waals surface area contributed by atoms with E-state index in [1.807, 2.05) is 30.0 Å². The summed E-state index contributed by atoms with van der Waals surface area (Å²) in [4.78, 5) is 25.1. The van der Waals surface area contributed by atoms with Crippen molar-refractivity contribution in [3.8, 4) is 0 Å². The van der Waals surface area contributed by atoms with Crippen LogP contribution in [-0.4, -0.2) is 67.8 Å². The number of hydrogen-bond donors (Lipinski definition) is 0. The third-order valence-corrected chi connectivity index (χ3v) is 4.83. The van der Waals surface area contributed by atoms with Crippen molar-refractivity contribution in [3.05, 3.63) is 18.0 Å². The minimum absolute atomic E-state index is 0.183. The predicted molar refractivity (Wildman–Crippen MR) is 94.4 cm³/mol.